The molecule has 1 fully saturated rings. The van der Waals surface area contributed by atoms with Crippen LogP contribution in [0.4, 0.5) is 0 Å². The van der Waals surface area contributed by atoms with E-state index in [1.54, 1.807) is 4.68 Å². The number of nitrogens with one attached hydrogen (secondary N) is 1. The molecule has 0 radical (unpaired) electrons. The Labute approximate surface area is 140 Å². The number of rotatable bonds is 4. The van der Waals surface area contributed by atoms with Crippen LogP contribution >= 0.6 is 0 Å². The summed E-state index contributed by atoms with van der Waals surface area (Å²) in [6, 6.07) is 7.83. The van der Waals surface area contributed by atoms with Crippen molar-refractivity contribution in [3.05, 3.63) is 47.3 Å². The van der Waals surface area contributed by atoms with Gasteiger partial charge in [0.25, 0.3) is 5.91 Å². The quantitative estimate of drug-likeness (QED) is 0.904. The molecule has 0 atom stereocenters. The van der Waals surface area contributed by atoms with Crippen LogP contribution in [0.1, 0.15) is 47.3 Å². The van der Waals surface area contributed by atoms with E-state index in [0.717, 1.165) is 24.1 Å². The summed E-state index contributed by atoms with van der Waals surface area (Å²) in [5, 5.41) is 16.5. The summed E-state index contributed by atoms with van der Waals surface area (Å²) >= 11 is 0. The van der Waals surface area contributed by atoms with Crippen molar-refractivity contribution >= 4 is 11.9 Å². The average molecular weight is 327 g/mol. The van der Waals surface area contributed by atoms with E-state index in [2.05, 4.69) is 10.4 Å². The maximum absolute atomic E-state index is 12.6. The Morgan fingerprint density at radius 1 is 1.25 bits per heavy atom. The van der Waals surface area contributed by atoms with Crippen LogP contribution < -0.4 is 5.32 Å². The number of amides is 1. The van der Waals surface area contributed by atoms with Crippen molar-refractivity contribution in [1.29, 1.82) is 0 Å². The Hall–Kier alpha value is -2.63. The Balaban J connectivity index is 1.88. The average Bonchev–Trinajstić information content (AvgIpc) is 3.15. The predicted molar refractivity (Wildman–Crippen MR) is 89.3 cm³/mol. The van der Waals surface area contributed by atoms with Crippen molar-refractivity contribution in [3.63, 3.8) is 0 Å². The van der Waals surface area contributed by atoms with Gasteiger partial charge in [-0.15, -0.1) is 0 Å². The van der Waals surface area contributed by atoms with Gasteiger partial charge in [0.2, 0.25) is 0 Å². The number of aromatic nitrogens is 2. The van der Waals surface area contributed by atoms with Crippen LogP contribution in [0.15, 0.2) is 30.5 Å². The molecular weight excluding hydrogens is 306 g/mol. The van der Waals surface area contributed by atoms with Crippen molar-refractivity contribution in [3.8, 4) is 5.69 Å². The minimum Gasteiger partial charge on any atom is -0.480 e. The zero-order valence-corrected chi connectivity index (χ0v) is 13.9. The summed E-state index contributed by atoms with van der Waals surface area (Å²) in [4.78, 5) is 24.2. The number of aryl methyl sites for hydroxylation is 1. The molecule has 3 rings (SSSR count). The van der Waals surface area contributed by atoms with Gasteiger partial charge in [-0.1, -0.05) is 25.0 Å². The first kappa shape index (κ1) is 16.2. The van der Waals surface area contributed by atoms with E-state index in [1.807, 2.05) is 38.1 Å². The van der Waals surface area contributed by atoms with E-state index in [-0.39, 0.29) is 5.91 Å². The molecule has 6 heteroatoms. The molecule has 1 aliphatic carbocycles. The highest BCUT2D eigenvalue weighted by Gasteiger charge is 2.43. The highest BCUT2D eigenvalue weighted by molar-refractivity contribution is 5.98. The molecule has 0 unspecified atom stereocenters. The third kappa shape index (κ3) is 2.79. The lowest BCUT2D eigenvalue weighted by Gasteiger charge is -2.25. The molecule has 1 aromatic carbocycles. The van der Waals surface area contributed by atoms with Crippen LogP contribution in [0.3, 0.4) is 0 Å². The van der Waals surface area contributed by atoms with Gasteiger partial charge < -0.3 is 10.4 Å². The fourth-order valence-electron chi connectivity index (χ4n) is 3.31. The normalized spacial score (nSPS) is 16.1. The molecule has 126 valence electrons. The molecule has 1 aliphatic rings. The second kappa shape index (κ2) is 6.11. The highest BCUT2D eigenvalue weighted by atomic mass is 16.4. The predicted octanol–water partition coefficient (Wildman–Crippen LogP) is 2.62. The van der Waals surface area contributed by atoms with Gasteiger partial charge in [0.1, 0.15) is 5.54 Å². The lowest BCUT2D eigenvalue weighted by Crippen LogP contribution is -2.52. The van der Waals surface area contributed by atoms with Crippen LogP contribution in [0.25, 0.3) is 5.69 Å². The minimum absolute atomic E-state index is 0.379. The van der Waals surface area contributed by atoms with E-state index in [1.165, 1.54) is 6.20 Å². The maximum atomic E-state index is 12.6. The lowest BCUT2D eigenvalue weighted by atomic mass is 9.97. The van der Waals surface area contributed by atoms with Gasteiger partial charge in [-0.05, 0) is 44.4 Å². The fourth-order valence-corrected chi connectivity index (χ4v) is 3.31. The molecule has 0 saturated heterocycles. The number of hydrogen-bond acceptors (Lipinski definition) is 3. The van der Waals surface area contributed by atoms with Crippen LogP contribution in [-0.4, -0.2) is 32.3 Å². The molecule has 0 spiro atoms. The summed E-state index contributed by atoms with van der Waals surface area (Å²) in [6.07, 6.45) is 4.07. The zero-order chi connectivity index (χ0) is 17.3. The first-order valence-corrected chi connectivity index (χ1v) is 8.10. The molecule has 1 aromatic heterocycles. The summed E-state index contributed by atoms with van der Waals surface area (Å²) in [5.74, 6) is -1.34. The molecule has 1 heterocycles. The van der Waals surface area contributed by atoms with E-state index >= 15 is 0 Å². The maximum Gasteiger partial charge on any atom is 0.329 e. The van der Waals surface area contributed by atoms with E-state index in [9.17, 15) is 14.7 Å². The highest BCUT2D eigenvalue weighted by Crippen LogP contribution is 2.30. The van der Waals surface area contributed by atoms with Crippen molar-refractivity contribution in [2.24, 2.45) is 0 Å². The third-order valence-corrected chi connectivity index (χ3v) is 4.72. The number of benzene rings is 1. The number of aliphatic carboxylic acids is 1. The van der Waals surface area contributed by atoms with Crippen molar-refractivity contribution in [2.75, 3.05) is 0 Å². The second-order valence-corrected chi connectivity index (χ2v) is 6.44. The Morgan fingerprint density at radius 2 is 1.96 bits per heavy atom. The summed E-state index contributed by atoms with van der Waals surface area (Å²) in [7, 11) is 0. The van der Waals surface area contributed by atoms with Crippen LogP contribution in [0.2, 0.25) is 0 Å². The summed E-state index contributed by atoms with van der Waals surface area (Å²) in [5.41, 5.74) is 1.93. The molecule has 2 aromatic rings. The molecule has 2 N–H and O–H groups in total. The number of nitrogens with zero attached hydrogens (tertiary/aromatic N) is 2. The van der Waals surface area contributed by atoms with Gasteiger partial charge in [0.05, 0.1) is 23.1 Å². The third-order valence-electron chi connectivity index (χ3n) is 4.72. The van der Waals surface area contributed by atoms with Crippen molar-refractivity contribution in [2.45, 2.75) is 45.1 Å². The topological polar surface area (TPSA) is 84.2 Å². The van der Waals surface area contributed by atoms with Gasteiger partial charge in [-0.2, -0.15) is 5.10 Å². The fraction of sp³-hybridized carbons (Fsp3) is 0.389. The SMILES string of the molecule is Cc1cccc(-n2ncc(C(=O)NC3(C(=O)O)CCCC3)c2C)c1. The molecule has 1 amide bonds. The molecule has 0 aliphatic heterocycles. The largest absolute Gasteiger partial charge is 0.480 e. The summed E-state index contributed by atoms with van der Waals surface area (Å²) < 4.78 is 1.70. The van der Waals surface area contributed by atoms with E-state index in [4.69, 9.17) is 0 Å². The number of carboxylic acids is 1. The number of hydrogen-bond donors (Lipinski definition) is 2. The Bertz CT molecular complexity index is 789. The monoisotopic (exact) mass is 327 g/mol. The van der Waals surface area contributed by atoms with Crippen molar-refractivity contribution in [1.82, 2.24) is 15.1 Å². The lowest BCUT2D eigenvalue weighted by molar-refractivity contribution is -0.144. The Morgan fingerprint density at radius 3 is 2.58 bits per heavy atom. The van der Waals surface area contributed by atoms with Crippen LogP contribution in [-0.2, 0) is 4.79 Å². The van der Waals surface area contributed by atoms with Gasteiger partial charge in [-0.3, -0.25) is 4.79 Å². The zero-order valence-electron chi connectivity index (χ0n) is 13.9. The first-order chi connectivity index (χ1) is 11.4. The van der Waals surface area contributed by atoms with Crippen LogP contribution in [0, 0.1) is 13.8 Å². The minimum atomic E-state index is -1.14. The smallest absolute Gasteiger partial charge is 0.329 e. The Kier molecular flexibility index (Phi) is 4.13. The van der Waals surface area contributed by atoms with Crippen LogP contribution in [0.5, 0.6) is 0 Å². The molecule has 1 saturated carbocycles. The molecule has 24 heavy (non-hydrogen) atoms. The van der Waals surface area contributed by atoms with Crippen molar-refractivity contribution < 1.29 is 14.7 Å². The standard InChI is InChI=1S/C18H21N3O3/c1-12-6-5-7-14(10-12)21-13(2)15(11-19-21)16(22)20-18(17(23)24)8-3-4-9-18/h5-7,10-11H,3-4,8-9H2,1-2H3,(H,20,22)(H,23,24). The molecule has 6 nitrogen and oxygen atoms in total. The molecule has 0 bridgehead atoms. The van der Waals surface area contributed by atoms with E-state index < -0.39 is 11.5 Å². The van der Waals surface area contributed by atoms with E-state index in [0.29, 0.717) is 24.1 Å². The second-order valence-electron chi connectivity index (χ2n) is 6.44. The van der Waals surface area contributed by atoms with Gasteiger partial charge >= 0.3 is 5.97 Å². The number of carboxylic acid groups (broad SMARTS) is 1. The summed E-state index contributed by atoms with van der Waals surface area (Å²) in [6.45, 7) is 3.80. The number of carbonyl (C=O) groups is 2. The number of carbonyl (C=O) groups excluding carboxylic acids is 1. The van der Waals surface area contributed by atoms with Gasteiger partial charge in [0.15, 0.2) is 0 Å². The van der Waals surface area contributed by atoms with Gasteiger partial charge in [-0.25, -0.2) is 9.48 Å². The first-order valence-electron chi connectivity index (χ1n) is 8.10. The van der Waals surface area contributed by atoms with Gasteiger partial charge in [0, 0.05) is 0 Å². The molecular formula is C18H21N3O3.